The van der Waals surface area contributed by atoms with Gasteiger partial charge >= 0.3 is 6.18 Å². The number of alkyl halides is 3. The van der Waals surface area contributed by atoms with E-state index in [-0.39, 0.29) is 27.3 Å². The molecular formula is C24H20F3N5O3S. The number of anilines is 3. The first-order valence-corrected chi connectivity index (χ1v) is 11.9. The lowest BCUT2D eigenvalue weighted by atomic mass is 9.96. The third-order valence-electron chi connectivity index (χ3n) is 5.40. The summed E-state index contributed by atoms with van der Waals surface area (Å²) in [6, 6.07) is 16.5. The molecule has 4 aromatic rings. The van der Waals surface area contributed by atoms with E-state index in [4.69, 9.17) is 5.73 Å². The summed E-state index contributed by atoms with van der Waals surface area (Å²) in [5, 5.41) is 12.7. The smallest absolute Gasteiger partial charge is 0.384 e. The highest BCUT2D eigenvalue weighted by atomic mass is 32.2. The first kappa shape index (κ1) is 25.1. The highest BCUT2D eigenvalue weighted by Crippen LogP contribution is 2.39. The zero-order valence-corrected chi connectivity index (χ0v) is 19.5. The van der Waals surface area contributed by atoms with Crippen molar-refractivity contribution in [3.05, 3.63) is 84.7 Å². The Balaban J connectivity index is 1.79. The Hall–Kier alpha value is -4.03. The summed E-state index contributed by atoms with van der Waals surface area (Å²) >= 11 is 0. The number of nitrogen functional groups attached to an aromatic ring is 1. The maximum Gasteiger partial charge on any atom is 0.421 e. The van der Waals surface area contributed by atoms with Gasteiger partial charge in [-0.2, -0.15) is 13.2 Å². The summed E-state index contributed by atoms with van der Waals surface area (Å²) in [6.07, 6.45) is -2.86. The van der Waals surface area contributed by atoms with Gasteiger partial charge in [-0.25, -0.2) is 18.4 Å². The molecule has 0 saturated carbocycles. The Morgan fingerprint density at radius 1 is 0.917 bits per heavy atom. The van der Waals surface area contributed by atoms with E-state index in [1.54, 1.807) is 30.3 Å². The lowest BCUT2D eigenvalue weighted by Crippen LogP contribution is -2.39. The number of aliphatic hydroxyl groups is 1. The average molecular weight is 516 g/mol. The highest BCUT2D eigenvalue weighted by Gasteiger charge is 2.51. The second kappa shape index (κ2) is 9.21. The van der Waals surface area contributed by atoms with Crippen molar-refractivity contribution in [1.82, 2.24) is 15.0 Å². The van der Waals surface area contributed by atoms with Crippen LogP contribution >= 0.6 is 0 Å². The quantitative estimate of drug-likeness (QED) is 0.343. The molecule has 4 rings (SSSR count). The topological polar surface area (TPSA) is 131 Å². The predicted octanol–water partition coefficient (Wildman–Crippen LogP) is 4.47. The van der Waals surface area contributed by atoms with Gasteiger partial charge in [-0.1, -0.05) is 24.3 Å². The molecule has 0 saturated heterocycles. The van der Waals surface area contributed by atoms with Crippen LogP contribution in [0.4, 0.5) is 30.5 Å². The van der Waals surface area contributed by atoms with Gasteiger partial charge in [0.15, 0.2) is 10.6 Å². The number of hydrogen-bond donors (Lipinski definition) is 3. The number of pyridine rings is 3. The molecule has 0 amide bonds. The summed E-state index contributed by atoms with van der Waals surface area (Å²) in [6.45, 7) is 0.638. The molecule has 186 valence electrons. The van der Waals surface area contributed by atoms with E-state index in [9.17, 15) is 26.7 Å². The van der Waals surface area contributed by atoms with Gasteiger partial charge in [-0.3, -0.25) is 4.98 Å². The van der Waals surface area contributed by atoms with Crippen molar-refractivity contribution >= 4 is 27.2 Å². The molecule has 0 bridgehead atoms. The van der Waals surface area contributed by atoms with Gasteiger partial charge in [0.25, 0.3) is 0 Å². The number of para-hydroxylation sites is 1. The van der Waals surface area contributed by atoms with Crippen LogP contribution in [0, 0.1) is 0 Å². The summed E-state index contributed by atoms with van der Waals surface area (Å²) in [5.41, 5.74) is 3.14. The van der Waals surface area contributed by atoms with E-state index >= 15 is 0 Å². The number of nitrogens with one attached hydrogen (secondary N) is 1. The second-order valence-corrected chi connectivity index (χ2v) is 9.86. The molecule has 1 atom stereocenters. The van der Waals surface area contributed by atoms with Crippen LogP contribution in [-0.4, -0.2) is 34.7 Å². The molecule has 3 aromatic heterocycles. The van der Waals surface area contributed by atoms with Gasteiger partial charge in [-0.05, 0) is 49.4 Å². The SMILES string of the molecule is C[C@](O)(c1ccc(-c2ccc(S(=O)(=O)c3ccc(N)nc3)nc2Nc2ccccc2)nc1)C(F)(F)F. The maximum atomic E-state index is 13.2. The van der Waals surface area contributed by atoms with Crippen molar-refractivity contribution in [3.8, 4) is 11.3 Å². The van der Waals surface area contributed by atoms with E-state index in [1.807, 2.05) is 0 Å². The van der Waals surface area contributed by atoms with Crippen LogP contribution in [0.2, 0.25) is 0 Å². The molecule has 0 fully saturated rings. The fraction of sp³-hybridized carbons (Fsp3) is 0.125. The molecule has 3 heterocycles. The molecule has 1 aromatic carbocycles. The molecule has 12 heteroatoms. The van der Waals surface area contributed by atoms with Crippen LogP contribution in [0.15, 0.2) is 89.0 Å². The van der Waals surface area contributed by atoms with E-state index in [2.05, 4.69) is 20.3 Å². The van der Waals surface area contributed by atoms with Crippen molar-refractivity contribution in [3.63, 3.8) is 0 Å². The van der Waals surface area contributed by atoms with Crippen molar-refractivity contribution in [1.29, 1.82) is 0 Å². The Bertz CT molecular complexity index is 1480. The highest BCUT2D eigenvalue weighted by molar-refractivity contribution is 7.91. The first-order valence-electron chi connectivity index (χ1n) is 10.5. The average Bonchev–Trinajstić information content (AvgIpc) is 2.84. The van der Waals surface area contributed by atoms with Crippen molar-refractivity contribution < 1.29 is 26.7 Å². The van der Waals surface area contributed by atoms with Crippen LogP contribution in [0.3, 0.4) is 0 Å². The predicted molar refractivity (Wildman–Crippen MR) is 127 cm³/mol. The number of halogens is 3. The normalized spacial score (nSPS) is 13.7. The van der Waals surface area contributed by atoms with Crippen LogP contribution in [-0.2, 0) is 15.4 Å². The zero-order chi connectivity index (χ0) is 26.1. The van der Waals surface area contributed by atoms with E-state index in [0.717, 1.165) is 18.5 Å². The number of hydrogen-bond acceptors (Lipinski definition) is 8. The van der Waals surface area contributed by atoms with Crippen LogP contribution in [0.1, 0.15) is 12.5 Å². The second-order valence-electron chi connectivity index (χ2n) is 7.96. The Morgan fingerprint density at radius 2 is 1.64 bits per heavy atom. The van der Waals surface area contributed by atoms with Crippen LogP contribution in [0.5, 0.6) is 0 Å². The summed E-state index contributed by atoms with van der Waals surface area (Å²) in [5.74, 6) is 0.260. The molecule has 0 unspecified atom stereocenters. The lowest BCUT2D eigenvalue weighted by Gasteiger charge is -2.26. The standard InChI is InChI=1S/C24H20F3N5O3S/c1-23(33,24(25,26)27)15-7-10-19(29-13-15)18-9-12-21(32-22(18)31-16-5-3-2-4-6-16)36(34,35)17-8-11-20(28)30-14-17/h2-14,33H,1H3,(H2,28,30)(H,31,32)/t23-/m0/s1. The molecule has 0 aliphatic carbocycles. The number of benzene rings is 1. The van der Waals surface area contributed by atoms with E-state index in [1.165, 1.54) is 30.3 Å². The molecular weight excluding hydrogens is 495 g/mol. The molecule has 4 N–H and O–H groups in total. The van der Waals surface area contributed by atoms with Crippen molar-refractivity contribution in [2.45, 2.75) is 28.6 Å². The molecule has 0 radical (unpaired) electrons. The monoisotopic (exact) mass is 515 g/mol. The lowest BCUT2D eigenvalue weighted by molar-refractivity contribution is -0.259. The molecule has 0 spiro atoms. The maximum absolute atomic E-state index is 13.2. The van der Waals surface area contributed by atoms with Crippen molar-refractivity contribution in [2.75, 3.05) is 11.1 Å². The molecule has 0 aliphatic heterocycles. The summed E-state index contributed by atoms with van der Waals surface area (Å²) in [4.78, 5) is 12.1. The number of rotatable bonds is 6. The van der Waals surface area contributed by atoms with Gasteiger partial charge < -0.3 is 16.2 Å². The van der Waals surface area contributed by atoms with E-state index < -0.39 is 27.2 Å². The number of aromatic nitrogens is 3. The Kier molecular flexibility index (Phi) is 6.41. The van der Waals surface area contributed by atoms with Gasteiger partial charge in [0, 0.05) is 29.2 Å². The fourth-order valence-electron chi connectivity index (χ4n) is 3.23. The fourth-order valence-corrected chi connectivity index (χ4v) is 4.37. The number of sulfone groups is 1. The van der Waals surface area contributed by atoms with E-state index in [0.29, 0.717) is 18.2 Å². The van der Waals surface area contributed by atoms with Crippen LogP contribution in [0.25, 0.3) is 11.3 Å². The Morgan fingerprint density at radius 3 is 2.22 bits per heavy atom. The molecule has 36 heavy (non-hydrogen) atoms. The van der Waals surface area contributed by atoms with Gasteiger partial charge in [0.05, 0.1) is 10.6 Å². The number of nitrogens with two attached hydrogens (primary N) is 1. The van der Waals surface area contributed by atoms with Gasteiger partial charge in [0.2, 0.25) is 9.84 Å². The van der Waals surface area contributed by atoms with Crippen molar-refractivity contribution in [2.24, 2.45) is 0 Å². The largest absolute Gasteiger partial charge is 0.421 e. The molecule has 8 nitrogen and oxygen atoms in total. The summed E-state index contributed by atoms with van der Waals surface area (Å²) in [7, 11) is -4.06. The Labute approximate surface area is 204 Å². The number of nitrogens with zero attached hydrogens (tertiary/aromatic N) is 3. The minimum absolute atomic E-state index is 0.105. The minimum Gasteiger partial charge on any atom is -0.384 e. The zero-order valence-electron chi connectivity index (χ0n) is 18.7. The first-order chi connectivity index (χ1) is 16.9. The third kappa shape index (κ3) is 4.86. The molecule has 0 aliphatic rings. The van der Waals surface area contributed by atoms with Gasteiger partial charge in [0.1, 0.15) is 11.6 Å². The minimum atomic E-state index is -4.90. The third-order valence-corrected chi connectivity index (χ3v) is 7.04. The summed E-state index contributed by atoms with van der Waals surface area (Å²) < 4.78 is 65.9. The van der Waals surface area contributed by atoms with Gasteiger partial charge in [-0.15, -0.1) is 0 Å². The van der Waals surface area contributed by atoms with Crippen LogP contribution < -0.4 is 11.1 Å².